The molecule has 1 fully saturated rings. The zero-order valence-electron chi connectivity index (χ0n) is 7.62. The summed E-state index contributed by atoms with van der Waals surface area (Å²) in [7, 11) is 0. The highest BCUT2D eigenvalue weighted by Crippen LogP contribution is 2.13. The predicted molar refractivity (Wildman–Crippen MR) is 47.1 cm³/mol. The molecule has 0 aromatic heterocycles. The topological polar surface area (TPSA) is 40.5 Å². The van der Waals surface area contributed by atoms with Crippen molar-refractivity contribution in [3.05, 3.63) is 0 Å². The van der Waals surface area contributed by atoms with Crippen LogP contribution in [0.2, 0.25) is 0 Å². The first-order valence-corrected chi connectivity index (χ1v) is 4.66. The largest absolute Gasteiger partial charge is 0.481 e. The number of hydrogen-bond acceptors (Lipinski definition) is 2. The van der Waals surface area contributed by atoms with Gasteiger partial charge in [-0.15, -0.1) is 0 Å². The van der Waals surface area contributed by atoms with Crippen molar-refractivity contribution in [3.8, 4) is 0 Å². The third-order valence-corrected chi connectivity index (χ3v) is 2.48. The van der Waals surface area contributed by atoms with Crippen LogP contribution in [0.3, 0.4) is 0 Å². The van der Waals surface area contributed by atoms with Gasteiger partial charge in [-0.1, -0.05) is 6.42 Å². The standard InChI is InChI=1S/C9H17NO2/c1-8(7-9(11)12)10-5-3-2-4-6-10/h8H,2-7H2,1H3,(H,11,12). The second kappa shape index (κ2) is 4.45. The van der Waals surface area contributed by atoms with Gasteiger partial charge in [0.2, 0.25) is 0 Å². The Hall–Kier alpha value is -0.570. The van der Waals surface area contributed by atoms with Gasteiger partial charge in [-0.2, -0.15) is 0 Å². The molecule has 3 heteroatoms. The minimum Gasteiger partial charge on any atom is -0.481 e. The minimum atomic E-state index is -0.687. The van der Waals surface area contributed by atoms with E-state index < -0.39 is 5.97 Å². The first-order valence-electron chi connectivity index (χ1n) is 4.66. The van der Waals surface area contributed by atoms with E-state index in [0.717, 1.165) is 13.1 Å². The fraction of sp³-hybridized carbons (Fsp3) is 0.889. The van der Waals surface area contributed by atoms with Gasteiger partial charge in [0.05, 0.1) is 6.42 Å². The van der Waals surface area contributed by atoms with Gasteiger partial charge in [-0.25, -0.2) is 0 Å². The first kappa shape index (κ1) is 9.52. The monoisotopic (exact) mass is 171 g/mol. The Morgan fingerprint density at radius 2 is 2.00 bits per heavy atom. The lowest BCUT2D eigenvalue weighted by Crippen LogP contribution is -2.38. The van der Waals surface area contributed by atoms with Crippen LogP contribution in [-0.2, 0) is 4.79 Å². The van der Waals surface area contributed by atoms with E-state index in [1.54, 1.807) is 0 Å². The molecule has 3 nitrogen and oxygen atoms in total. The highest BCUT2D eigenvalue weighted by molar-refractivity contribution is 5.67. The fourth-order valence-electron chi connectivity index (χ4n) is 1.74. The molecule has 1 atom stereocenters. The number of carboxylic acids is 1. The number of aliphatic carboxylic acids is 1. The zero-order chi connectivity index (χ0) is 8.97. The number of piperidine rings is 1. The van der Waals surface area contributed by atoms with Crippen molar-refractivity contribution in [2.75, 3.05) is 13.1 Å². The maximum atomic E-state index is 10.4. The van der Waals surface area contributed by atoms with E-state index in [0.29, 0.717) is 0 Å². The molecule has 1 unspecified atom stereocenters. The molecule has 0 radical (unpaired) electrons. The van der Waals surface area contributed by atoms with Crippen LogP contribution in [0.15, 0.2) is 0 Å². The van der Waals surface area contributed by atoms with Gasteiger partial charge >= 0.3 is 5.97 Å². The summed E-state index contributed by atoms with van der Waals surface area (Å²) >= 11 is 0. The lowest BCUT2D eigenvalue weighted by molar-refractivity contribution is -0.138. The zero-order valence-corrected chi connectivity index (χ0v) is 7.62. The van der Waals surface area contributed by atoms with E-state index in [1.165, 1.54) is 19.3 Å². The Morgan fingerprint density at radius 1 is 1.42 bits per heavy atom. The van der Waals surface area contributed by atoms with Gasteiger partial charge in [0.25, 0.3) is 0 Å². The van der Waals surface area contributed by atoms with E-state index in [9.17, 15) is 4.79 Å². The summed E-state index contributed by atoms with van der Waals surface area (Å²) in [6.07, 6.45) is 4.03. The van der Waals surface area contributed by atoms with Gasteiger partial charge < -0.3 is 10.0 Å². The number of likely N-dealkylation sites (tertiary alicyclic amines) is 1. The molecule has 1 rings (SSSR count). The maximum absolute atomic E-state index is 10.4. The summed E-state index contributed by atoms with van der Waals surface area (Å²) in [5.74, 6) is -0.687. The molecule has 70 valence electrons. The first-order chi connectivity index (χ1) is 5.70. The molecule has 0 aromatic carbocycles. The van der Waals surface area contributed by atoms with Crippen LogP contribution in [0.1, 0.15) is 32.6 Å². The molecule has 1 heterocycles. The Morgan fingerprint density at radius 3 is 2.50 bits per heavy atom. The minimum absolute atomic E-state index is 0.211. The summed E-state index contributed by atoms with van der Waals surface area (Å²) in [5, 5.41) is 8.59. The van der Waals surface area contributed by atoms with Gasteiger partial charge in [-0.3, -0.25) is 4.79 Å². The average Bonchev–Trinajstić information content (AvgIpc) is 2.05. The average molecular weight is 171 g/mol. The normalized spacial score (nSPS) is 22.1. The SMILES string of the molecule is CC(CC(=O)O)N1CCCCC1. The van der Waals surface area contributed by atoms with E-state index >= 15 is 0 Å². The van der Waals surface area contributed by atoms with E-state index in [4.69, 9.17) is 5.11 Å². The molecular weight excluding hydrogens is 154 g/mol. The number of carbonyl (C=O) groups is 1. The summed E-state index contributed by atoms with van der Waals surface area (Å²) in [4.78, 5) is 12.7. The molecule has 1 aliphatic rings. The third kappa shape index (κ3) is 2.81. The molecule has 0 saturated carbocycles. The molecule has 0 amide bonds. The molecule has 1 aliphatic heterocycles. The van der Waals surface area contributed by atoms with Crippen molar-refractivity contribution in [2.24, 2.45) is 0 Å². The Kier molecular flexibility index (Phi) is 3.53. The lowest BCUT2D eigenvalue weighted by Gasteiger charge is -2.31. The van der Waals surface area contributed by atoms with Crippen LogP contribution in [0.25, 0.3) is 0 Å². The second-order valence-corrected chi connectivity index (χ2v) is 3.54. The molecular formula is C9H17NO2. The third-order valence-electron chi connectivity index (χ3n) is 2.48. The van der Waals surface area contributed by atoms with Crippen molar-refractivity contribution >= 4 is 5.97 Å². The lowest BCUT2D eigenvalue weighted by atomic mass is 10.1. The van der Waals surface area contributed by atoms with Gasteiger partial charge in [0.1, 0.15) is 0 Å². The van der Waals surface area contributed by atoms with E-state index in [2.05, 4.69) is 4.90 Å². The molecule has 12 heavy (non-hydrogen) atoms. The number of carboxylic acid groups (broad SMARTS) is 1. The van der Waals surface area contributed by atoms with Crippen LogP contribution in [-0.4, -0.2) is 35.1 Å². The molecule has 0 spiro atoms. The summed E-state index contributed by atoms with van der Waals surface area (Å²) in [5.41, 5.74) is 0. The highest BCUT2D eigenvalue weighted by atomic mass is 16.4. The van der Waals surface area contributed by atoms with Crippen molar-refractivity contribution < 1.29 is 9.90 Å². The van der Waals surface area contributed by atoms with Crippen LogP contribution >= 0.6 is 0 Å². The molecule has 0 bridgehead atoms. The Balaban J connectivity index is 2.29. The van der Waals surface area contributed by atoms with Crippen LogP contribution in [0.4, 0.5) is 0 Å². The maximum Gasteiger partial charge on any atom is 0.304 e. The smallest absolute Gasteiger partial charge is 0.304 e. The van der Waals surface area contributed by atoms with Crippen molar-refractivity contribution in [1.29, 1.82) is 0 Å². The summed E-state index contributed by atoms with van der Waals surface area (Å²) in [6.45, 7) is 4.16. The van der Waals surface area contributed by atoms with Crippen LogP contribution in [0.5, 0.6) is 0 Å². The molecule has 1 saturated heterocycles. The summed E-state index contributed by atoms with van der Waals surface area (Å²) in [6, 6.07) is 0.211. The van der Waals surface area contributed by atoms with Crippen LogP contribution < -0.4 is 0 Å². The van der Waals surface area contributed by atoms with Crippen molar-refractivity contribution in [2.45, 2.75) is 38.6 Å². The van der Waals surface area contributed by atoms with Crippen molar-refractivity contribution in [3.63, 3.8) is 0 Å². The molecule has 1 N–H and O–H groups in total. The molecule has 0 aromatic rings. The Bertz CT molecular complexity index is 153. The number of nitrogens with zero attached hydrogens (tertiary/aromatic N) is 1. The number of hydrogen-bond donors (Lipinski definition) is 1. The van der Waals surface area contributed by atoms with E-state index in [-0.39, 0.29) is 12.5 Å². The van der Waals surface area contributed by atoms with Gasteiger partial charge in [0.15, 0.2) is 0 Å². The highest BCUT2D eigenvalue weighted by Gasteiger charge is 2.18. The molecule has 0 aliphatic carbocycles. The number of rotatable bonds is 3. The second-order valence-electron chi connectivity index (χ2n) is 3.54. The van der Waals surface area contributed by atoms with Gasteiger partial charge in [-0.05, 0) is 32.9 Å². The summed E-state index contributed by atoms with van der Waals surface area (Å²) < 4.78 is 0. The van der Waals surface area contributed by atoms with Gasteiger partial charge in [0, 0.05) is 6.04 Å². The predicted octanol–water partition coefficient (Wildman–Crippen LogP) is 1.34. The van der Waals surface area contributed by atoms with Crippen molar-refractivity contribution in [1.82, 2.24) is 4.90 Å². The quantitative estimate of drug-likeness (QED) is 0.696. The van der Waals surface area contributed by atoms with E-state index in [1.807, 2.05) is 6.92 Å². The fourth-order valence-corrected chi connectivity index (χ4v) is 1.74. The van der Waals surface area contributed by atoms with Crippen LogP contribution in [0, 0.1) is 0 Å². The Labute approximate surface area is 73.4 Å².